The largest absolute Gasteiger partial charge is 0.372 e. The predicted molar refractivity (Wildman–Crippen MR) is 126 cm³/mol. The lowest BCUT2D eigenvalue weighted by Gasteiger charge is -2.13. The minimum Gasteiger partial charge on any atom is -0.372 e. The summed E-state index contributed by atoms with van der Waals surface area (Å²) in [7, 11) is 0. The summed E-state index contributed by atoms with van der Waals surface area (Å²) in [6.07, 6.45) is 2.10. The molecule has 1 aliphatic carbocycles. The van der Waals surface area contributed by atoms with E-state index in [9.17, 15) is 13.2 Å². The molecule has 2 heterocycles. The zero-order valence-corrected chi connectivity index (χ0v) is 19.5. The smallest absolute Gasteiger partial charge is 0.282 e. The predicted octanol–water partition coefficient (Wildman–Crippen LogP) is 6.17. The number of alkyl halides is 2. The molecule has 2 aromatic heterocycles. The average molecular weight is 481 g/mol. The van der Waals surface area contributed by atoms with Gasteiger partial charge in [0.25, 0.3) is 6.43 Å². The maximum atomic E-state index is 14.1. The van der Waals surface area contributed by atoms with Crippen LogP contribution in [0.25, 0.3) is 5.69 Å². The fraction of sp³-hybridized carbons (Fsp3) is 0.333. The van der Waals surface area contributed by atoms with E-state index in [4.69, 9.17) is 4.74 Å². The lowest BCUT2D eigenvalue weighted by atomic mass is 10.1. The molecule has 0 saturated heterocycles. The Morgan fingerprint density at radius 1 is 1.00 bits per heavy atom. The summed E-state index contributed by atoms with van der Waals surface area (Å²) in [5.41, 5.74) is 4.13. The van der Waals surface area contributed by atoms with E-state index in [0.717, 1.165) is 23.4 Å². The third kappa shape index (κ3) is 5.65. The molecule has 35 heavy (non-hydrogen) atoms. The van der Waals surface area contributed by atoms with Gasteiger partial charge < -0.3 is 4.74 Å². The molecule has 1 saturated carbocycles. The fourth-order valence-electron chi connectivity index (χ4n) is 4.20. The van der Waals surface area contributed by atoms with E-state index in [-0.39, 0.29) is 12.3 Å². The van der Waals surface area contributed by atoms with E-state index in [2.05, 4.69) is 10.2 Å². The maximum absolute atomic E-state index is 14.1. The third-order valence-corrected chi connectivity index (χ3v) is 6.23. The second kappa shape index (κ2) is 10.1. The molecule has 0 unspecified atom stereocenters. The molecule has 8 heteroatoms. The van der Waals surface area contributed by atoms with Crippen LogP contribution in [0.2, 0.25) is 0 Å². The van der Waals surface area contributed by atoms with Gasteiger partial charge in [0.2, 0.25) is 0 Å². The molecule has 0 aliphatic heterocycles. The van der Waals surface area contributed by atoms with E-state index in [1.54, 1.807) is 6.07 Å². The minimum atomic E-state index is -2.72. The Balaban J connectivity index is 1.43. The van der Waals surface area contributed by atoms with Gasteiger partial charge in [0.1, 0.15) is 11.5 Å². The number of benzene rings is 2. The van der Waals surface area contributed by atoms with Crippen molar-refractivity contribution in [3.63, 3.8) is 0 Å². The first-order chi connectivity index (χ1) is 17.0. The van der Waals surface area contributed by atoms with Gasteiger partial charge in [0, 0.05) is 30.4 Å². The first kappa shape index (κ1) is 23.4. The molecule has 5 nitrogen and oxygen atoms in total. The highest BCUT2D eigenvalue weighted by molar-refractivity contribution is 5.43. The Labute approximate surface area is 202 Å². The first-order valence-corrected chi connectivity index (χ1v) is 11.8. The van der Waals surface area contributed by atoms with Gasteiger partial charge in [-0.1, -0.05) is 30.3 Å². The number of nitrogens with zero attached hydrogens (tertiary/aromatic N) is 4. The van der Waals surface area contributed by atoms with Crippen molar-refractivity contribution in [2.24, 2.45) is 5.92 Å². The number of rotatable bonds is 10. The van der Waals surface area contributed by atoms with Gasteiger partial charge in [-0.2, -0.15) is 10.2 Å². The van der Waals surface area contributed by atoms with E-state index >= 15 is 0 Å². The van der Waals surface area contributed by atoms with Crippen LogP contribution in [0.1, 0.15) is 53.0 Å². The van der Waals surface area contributed by atoms with E-state index in [1.165, 1.54) is 35.7 Å². The number of aryl methyl sites for hydroxylation is 1. The van der Waals surface area contributed by atoms with Crippen LogP contribution in [0.3, 0.4) is 0 Å². The summed E-state index contributed by atoms with van der Waals surface area (Å²) in [6, 6.07) is 15.3. The standard InChI is InChI=1S/C27H27F3N4O/c1-18-21(15-33(31-18)14-19-7-8-19)12-24-13-25(27(29)30)32-34(24)26-10-9-23(28)11-22(26)17-35-16-20-5-3-2-4-6-20/h2-6,9-11,13,15,19,27H,7-8,12,14,16-17H2,1H3. The topological polar surface area (TPSA) is 44.9 Å². The van der Waals surface area contributed by atoms with Crippen molar-refractivity contribution in [3.05, 3.63) is 100 Å². The van der Waals surface area contributed by atoms with E-state index < -0.39 is 12.2 Å². The van der Waals surface area contributed by atoms with Crippen molar-refractivity contribution >= 4 is 0 Å². The summed E-state index contributed by atoms with van der Waals surface area (Å²) in [4.78, 5) is 0. The molecule has 0 bridgehead atoms. The normalized spacial score (nSPS) is 13.6. The van der Waals surface area contributed by atoms with Gasteiger partial charge in [0.15, 0.2) is 0 Å². The summed E-state index contributed by atoms with van der Waals surface area (Å²) < 4.78 is 50.7. The Kier molecular flexibility index (Phi) is 6.72. The minimum absolute atomic E-state index is 0.115. The summed E-state index contributed by atoms with van der Waals surface area (Å²) in [5, 5.41) is 8.79. The average Bonchev–Trinajstić information content (AvgIpc) is 3.44. The van der Waals surface area contributed by atoms with Gasteiger partial charge in [-0.05, 0) is 61.1 Å². The summed E-state index contributed by atoms with van der Waals surface area (Å²) in [5.74, 6) is 0.253. The maximum Gasteiger partial charge on any atom is 0.282 e. The highest BCUT2D eigenvalue weighted by atomic mass is 19.3. The zero-order chi connectivity index (χ0) is 24.4. The van der Waals surface area contributed by atoms with Crippen LogP contribution in [0.4, 0.5) is 13.2 Å². The highest BCUT2D eigenvalue weighted by Crippen LogP contribution is 2.31. The van der Waals surface area contributed by atoms with Crippen molar-refractivity contribution in [2.75, 3.05) is 0 Å². The molecule has 2 aromatic carbocycles. The van der Waals surface area contributed by atoms with Crippen LogP contribution in [-0.4, -0.2) is 19.6 Å². The van der Waals surface area contributed by atoms with Crippen molar-refractivity contribution in [1.82, 2.24) is 19.6 Å². The van der Waals surface area contributed by atoms with Crippen molar-refractivity contribution < 1.29 is 17.9 Å². The van der Waals surface area contributed by atoms with Crippen LogP contribution in [0.5, 0.6) is 0 Å². The van der Waals surface area contributed by atoms with Crippen LogP contribution in [0, 0.1) is 18.7 Å². The summed E-state index contributed by atoms with van der Waals surface area (Å²) >= 11 is 0. The molecular formula is C27H27F3N4O. The van der Waals surface area contributed by atoms with Crippen LogP contribution in [-0.2, 0) is 30.9 Å². The third-order valence-electron chi connectivity index (χ3n) is 6.23. The molecule has 0 amide bonds. The second-order valence-corrected chi connectivity index (χ2v) is 9.11. The lowest BCUT2D eigenvalue weighted by Crippen LogP contribution is -2.08. The number of hydrogen-bond acceptors (Lipinski definition) is 3. The molecule has 0 spiro atoms. The van der Waals surface area contributed by atoms with Crippen molar-refractivity contribution in [1.29, 1.82) is 0 Å². The number of hydrogen-bond donors (Lipinski definition) is 0. The number of aromatic nitrogens is 4. The molecule has 0 radical (unpaired) electrons. The Hall–Kier alpha value is -3.39. The van der Waals surface area contributed by atoms with Crippen LogP contribution >= 0.6 is 0 Å². The van der Waals surface area contributed by atoms with Gasteiger partial charge in [-0.3, -0.25) is 4.68 Å². The lowest BCUT2D eigenvalue weighted by molar-refractivity contribution is 0.107. The second-order valence-electron chi connectivity index (χ2n) is 9.11. The fourth-order valence-corrected chi connectivity index (χ4v) is 4.20. The molecule has 0 N–H and O–H groups in total. The van der Waals surface area contributed by atoms with Gasteiger partial charge in [-0.15, -0.1) is 0 Å². The molecule has 1 aliphatic rings. The Morgan fingerprint density at radius 3 is 2.54 bits per heavy atom. The van der Waals surface area contributed by atoms with Crippen LogP contribution in [0.15, 0.2) is 60.8 Å². The number of ether oxygens (including phenoxy) is 1. The SMILES string of the molecule is Cc1nn(CC2CC2)cc1Cc1cc(C(F)F)nn1-c1ccc(F)cc1COCc1ccccc1. The van der Waals surface area contributed by atoms with E-state index in [1.807, 2.05) is 48.1 Å². The number of halogens is 3. The molecule has 182 valence electrons. The Bertz CT molecular complexity index is 1300. The zero-order valence-electron chi connectivity index (χ0n) is 19.5. The molecule has 0 atom stereocenters. The van der Waals surface area contributed by atoms with Gasteiger partial charge in [-0.25, -0.2) is 17.9 Å². The molecule has 1 fully saturated rings. The first-order valence-electron chi connectivity index (χ1n) is 11.8. The molecule has 5 rings (SSSR count). The Morgan fingerprint density at radius 2 is 1.80 bits per heavy atom. The van der Waals surface area contributed by atoms with Gasteiger partial charge in [0.05, 0.1) is 24.6 Å². The molecule has 4 aromatic rings. The van der Waals surface area contributed by atoms with Crippen LogP contribution < -0.4 is 0 Å². The highest BCUT2D eigenvalue weighted by Gasteiger charge is 2.23. The van der Waals surface area contributed by atoms with Crippen molar-refractivity contribution in [2.45, 2.75) is 52.4 Å². The summed E-state index contributed by atoms with van der Waals surface area (Å²) in [6.45, 7) is 3.27. The van der Waals surface area contributed by atoms with E-state index in [0.29, 0.717) is 35.9 Å². The molecular weight excluding hydrogens is 453 g/mol. The van der Waals surface area contributed by atoms with Crippen molar-refractivity contribution in [3.8, 4) is 5.69 Å². The monoisotopic (exact) mass is 480 g/mol. The van der Waals surface area contributed by atoms with Gasteiger partial charge >= 0.3 is 0 Å². The quantitative estimate of drug-likeness (QED) is 0.273.